The highest BCUT2D eigenvalue weighted by Crippen LogP contribution is 2.44. The fourth-order valence-electron chi connectivity index (χ4n) is 3.21. The fraction of sp³-hybridized carbons (Fsp3) is 0.500. The van der Waals surface area contributed by atoms with E-state index in [0.717, 1.165) is 5.56 Å². The lowest BCUT2D eigenvalue weighted by Gasteiger charge is -2.44. The molecular weight excluding hydrogens is 396 g/mol. The molecule has 0 aliphatic carbocycles. The zero-order chi connectivity index (χ0) is 22.6. The van der Waals surface area contributed by atoms with Crippen LogP contribution in [-0.2, 0) is 21.4 Å². The zero-order valence-electron chi connectivity index (χ0n) is 19.2. The van der Waals surface area contributed by atoms with E-state index < -0.39 is 20.0 Å². The summed E-state index contributed by atoms with van der Waals surface area (Å²) < 4.78 is 17.5. The molecule has 0 aliphatic heterocycles. The van der Waals surface area contributed by atoms with Gasteiger partial charge in [-0.05, 0) is 42.2 Å². The molecule has 5 nitrogen and oxygen atoms in total. The molecule has 0 heterocycles. The van der Waals surface area contributed by atoms with E-state index in [-0.39, 0.29) is 18.4 Å². The molecule has 166 valence electrons. The number of rotatable bonds is 9. The molecule has 2 aromatic rings. The highest BCUT2D eigenvalue weighted by Gasteiger charge is 2.46. The number of ether oxygens (including phenoxy) is 2. The second-order valence-corrected chi connectivity index (χ2v) is 13.9. The van der Waals surface area contributed by atoms with Crippen LogP contribution < -0.4 is 4.74 Å². The Balaban J connectivity index is 2.61. The molecule has 0 fully saturated rings. The van der Waals surface area contributed by atoms with Gasteiger partial charge in [0.1, 0.15) is 11.4 Å². The maximum atomic E-state index is 12.2. The Morgan fingerprint density at radius 1 is 1.00 bits per heavy atom. The van der Waals surface area contributed by atoms with E-state index in [4.69, 9.17) is 13.9 Å². The molecule has 2 rings (SSSR count). The summed E-state index contributed by atoms with van der Waals surface area (Å²) in [6, 6.07) is 14.7. The molecule has 0 spiro atoms. The summed E-state index contributed by atoms with van der Waals surface area (Å²) in [5.74, 6) is 0.541. The Morgan fingerprint density at radius 2 is 1.60 bits per heavy atom. The summed E-state index contributed by atoms with van der Waals surface area (Å²) >= 11 is 0. The highest BCUT2D eigenvalue weighted by atomic mass is 28.4. The third kappa shape index (κ3) is 5.13. The van der Waals surface area contributed by atoms with Crippen molar-refractivity contribution in [2.45, 2.75) is 64.1 Å². The van der Waals surface area contributed by atoms with Crippen LogP contribution in [-0.4, -0.2) is 38.5 Å². The summed E-state index contributed by atoms with van der Waals surface area (Å²) in [7, 11) is -0.608. The fourth-order valence-corrected chi connectivity index (χ4v) is 4.62. The Kier molecular flexibility index (Phi) is 7.88. The van der Waals surface area contributed by atoms with Gasteiger partial charge in [0.25, 0.3) is 0 Å². The maximum absolute atomic E-state index is 12.2. The van der Waals surface area contributed by atoms with E-state index in [1.54, 1.807) is 7.11 Å². The lowest BCUT2D eigenvalue weighted by molar-refractivity contribution is -0.0362. The summed E-state index contributed by atoms with van der Waals surface area (Å²) in [5, 5.41) is 21.6. The van der Waals surface area contributed by atoms with Gasteiger partial charge in [-0.15, -0.1) is 0 Å². The van der Waals surface area contributed by atoms with Crippen molar-refractivity contribution in [1.82, 2.24) is 0 Å². The van der Waals surface area contributed by atoms with Gasteiger partial charge in [0.05, 0.1) is 12.7 Å². The Labute approximate surface area is 181 Å². The van der Waals surface area contributed by atoms with Crippen molar-refractivity contribution in [1.29, 1.82) is 0 Å². The molecule has 0 amide bonds. The van der Waals surface area contributed by atoms with E-state index >= 15 is 0 Å². The van der Waals surface area contributed by atoms with Crippen molar-refractivity contribution >= 4 is 8.32 Å². The lowest BCUT2D eigenvalue weighted by atomic mass is 9.81. The average Bonchev–Trinajstić information content (AvgIpc) is 2.70. The molecule has 2 N–H and O–H groups in total. The number of hydrogen-bond donors (Lipinski definition) is 2. The molecule has 0 saturated heterocycles. The predicted molar refractivity (Wildman–Crippen MR) is 122 cm³/mol. The van der Waals surface area contributed by atoms with Crippen LogP contribution in [0.2, 0.25) is 18.1 Å². The van der Waals surface area contributed by atoms with Crippen molar-refractivity contribution in [3.8, 4) is 5.75 Å². The largest absolute Gasteiger partial charge is 0.467 e. The van der Waals surface area contributed by atoms with Gasteiger partial charge in [0.15, 0.2) is 15.1 Å². The molecule has 0 bridgehead atoms. The number of methoxy groups -OCH3 is 1. The van der Waals surface area contributed by atoms with Crippen LogP contribution in [0.1, 0.15) is 44.4 Å². The molecular formula is C24H36O5Si. The molecule has 2 aromatic carbocycles. The van der Waals surface area contributed by atoms with Crippen LogP contribution in [0.4, 0.5) is 0 Å². The minimum atomic E-state index is -2.17. The van der Waals surface area contributed by atoms with Crippen LogP contribution in [0.3, 0.4) is 0 Å². The van der Waals surface area contributed by atoms with E-state index in [9.17, 15) is 10.2 Å². The molecule has 30 heavy (non-hydrogen) atoms. The van der Waals surface area contributed by atoms with Crippen LogP contribution in [0.15, 0.2) is 48.5 Å². The zero-order valence-corrected chi connectivity index (χ0v) is 20.2. The van der Waals surface area contributed by atoms with Crippen LogP contribution >= 0.6 is 0 Å². The van der Waals surface area contributed by atoms with Crippen molar-refractivity contribution in [2.24, 2.45) is 0 Å². The Morgan fingerprint density at radius 3 is 2.13 bits per heavy atom. The molecule has 2 atom stereocenters. The first-order chi connectivity index (χ1) is 14.0. The lowest BCUT2D eigenvalue weighted by Crippen LogP contribution is -2.50. The van der Waals surface area contributed by atoms with Gasteiger partial charge >= 0.3 is 0 Å². The Hall–Kier alpha value is -1.70. The molecule has 0 aliphatic rings. The summed E-state index contributed by atoms with van der Waals surface area (Å²) in [6.45, 7) is 12.8. The number of aliphatic hydroxyl groups excluding tert-OH is 1. The summed E-state index contributed by atoms with van der Waals surface area (Å²) in [6.07, 6.45) is -0.536. The van der Waals surface area contributed by atoms with E-state index in [1.807, 2.05) is 55.5 Å². The summed E-state index contributed by atoms with van der Waals surface area (Å²) in [4.78, 5) is 0. The second-order valence-electron chi connectivity index (χ2n) is 9.19. The van der Waals surface area contributed by atoms with Gasteiger partial charge in [0.2, 0.25) is 0 Å². The van der Waals surface area contributed by atoms with E-state index in [2.05, 4.69) is 33.9 Å². The smallest absolute Gasteiger partial charge is 0.192 e. The number of benzene rings is 2. The normalized spacial score (nSPS) is 15.5. The molecule has 0 saturated carbocycles. The highest BCUT2D eigenvalue weighted by molar-refractivity contribution is 6.74. The van der Waals surface area contributed by atoms with Crippen molar-refractivity contribution in [3.63, 3.8) is 0 Å². The second kappa shape index (κ2) is 9.62. The van der Waals surface area contributed by atoms with Gasteiger partial charge in [-0.25, -0.2) is 0 Å². The first-order valence-electron chi connectivity index (χ1n) is 10.3. The minimum Gasteiger partial charge on any atom is -0.467 e. The first-order valence-corrected chi connectivity index (χ1v) is 13.2. The monoisotopic (exact) mass is 432 g/mol. The molecule has 0 aromatic heterocycles. The van der Waals surface area contributed by atoms with Crippen molar-refractivity contribution < 1.29 is 24.1 Å². The van der Waals surface area contributed by atoms with E-state index in [0.29, 0.717) is 16.9 Å². The van der Waals surface area contributed by atoms with Gasteiger partial charge in [-0.3, -0.25) is 0 Å². The third-order valence-electron chi connectivity index (χ3n) is 6.07. The third-order valence-corrected chi connectivity index (χ3v) is 10.6. The SMILES string of the molecule is COCOc1ccccc1C(O)(c1ccc(CO)cc1)C(C)O[Si](C)(C)C(C)(C)C. The first kappa shape index (κ1) is 24.6. The van der Waals surface area contributed by atoms with Crippen molar-refractivity contribution in [3.05, 3.63) is 65.2 Å². The average molecular weight is 433 g/mol. The number of hydrogen-bond acceptors (Lipinski definition) is 5. The quantitative estimate of drug-likeness (QED) is 0.440. The van der Waals surface area contributed by atoms with Gasteiger partial charge in [-0.1, -0.05) is 63.2 Å². The van der Waals surface area contributed by atoms with Gasteiger partial charge in [-0.2, -0.15) is 0 Å². The van der Waals surface area contributed by atoms with Crippen LogP contribution in [0.25, 0.3) is 0 Å². The molecule has 0 radical (unpaired) electrons. The molecule has 6 heteroatoms. The topological polar surface area (TPSA) is 68.2 Å². The van der Waals surface area contributed by atoms with Crippen LogP contribution in [0, 0.1) is 0 Å². The standard InChI is InChI=1S/C24H36O5Si/c1-18(29-30(6,7)23(2,3)4)24(26,20-14-12-19(16-25)13-15-20)21-10-8-9-11-22(21)28-17-27-5/h8-15,18,25-26H,16-17H2,1-7H3. The summed E-state index contributed by atoms with van der Waals surface area (Å²) in [5.41, 5.74) is 0.626. The maximum Gasteiger partial charge on any atom is 0.192 e. The van der Waals surface area contributed by atoms with Crippen molar-refractivity contribution in [2.75, 3.05) is 13.9 Å². The number of para-hydroxylation sites is 1. The minimum absolute atomic E-state index is 0.00498. The predicted octanol–water partition coefficient (Wildman–Crippen LogP) is 4.81. The molecule has 2 unspecified atom stereocenters. The van der Waals surface area contributed by atoms with Gasteiger partial charge < -0.3 is 24.1 Å². The number of aliphatic hydroxyl groups is 2. The van der Waals surface area contributed by atoms with E-state index in [1.165, 1.54) is 0 Å². The Bertz CT molecular complexity index is 813. The van der Waals surface area contributed by atoms with Gasteiger partial charge in [0, 0.05) is 12.7 Å². The van der Waals surface area contributed by atoms with Crippen LogP contribution in [0.5, 0.6) is 5.75 Å².